The third-order valence-electron chi connectivity index (χ3n) is 6.53. The lowest BCUT2D eigenvalue weighted by molar-refractivity contribution is -0.131. The van der Waals surface area contributed by atoms with E-state index in [2.05, 4.69) is 11.8 Å². The van der Waals surface area contributed by atoms with Gasteiger partial charge in [-0.15, -0.1) is 0 Å². The molecule has 156 valence electrons. The van der Waals surface area contributed by atoms with E-state index in [0.717, 1.165) is 38.3 Å². The van der Waals surface area contributed by atoms with Crippen molar-refractivity contribution in [2.45, 2.75) is 63.6 Å². The van der Waals surface area contributed by atoms with Crippen molar-refractivity contribution in [3.05, 3.63) is 34.6 Å². The summed E-state index contributed by atoms with van der Waals surface area (Å²) in [5, 5.41) is 1.32. The van der Waals surface area contributed by atoms with E-state index in [0.29, 0.717) is 34.3 Å². The number of carbonyl (C=O) groups is 1. The van der Waals surface area contributed by atoms with Gasteiger partial charge in [-0.3, -0.25) is 14.2 Å². The first-order valence-corrected chi connectivity index (χ1v) is 12.1. The number of para-hydroxylation sites is 1. The topological polar surface area (TPSA) is 55.2 Å². The zero-order valence-corrected chi connectivity index (χ0v) is 18.1. The van der Waals surface area contributed by atoms with Gasteiger partial charge in [0, 0.05) is 19.6 Å². The van der Waals surface area contributed by atoms with Crippen molar-refractivity contribution in [2.24, 2.45) is 11.8 Å². The zero-order chi connectivity index (χ0) is 20.2. The van der Waals surface area contributed by atoms with Gasteiger partial charge < -0.3 is 4.90 Å². The van der Waals surface area contributed by atoms with Crippen LogP contribution < -0.4 is 5.56 Å². The number of nitrogens with zero attached hydrogens (tertiary/aromatic N) is 3. The Morgan fingerprint density at radius 2 is 1.97 bits per heavy atom. The van der Waals surface area contributed by atoms with Crippen molar-refractivity contribution in [2.75, 3.05) is 18.8 Å². The van der Waals surface area contributed by atoms with Crippen LogP contribution in [0.15, 0.2) is 34.2 Å². The number of likely N-dealkylation sites (tertiary alicyclic amines) is 1. The van der Waals surface area contributed by atoms with Crippen molar-refractivity contribution in [1.29, 1.82) is 0 Å². The molecule has 6 heteroatoms. The second kappa shape index (κ2) is 9.33. The normalized spacial score (nSPS) is 21.9. The minimum absolute atomic E-state index is 0.00187. The van der Waals surface area contributed by atoms with E-state index in [9.17, 15) is 9.59 Å². The summed E-state index contributed by atoms with van der Waals surface area (Å²) in [5.74, 6) is 2.05. The first-order valence-electron chi connectivity index (χ1n) is 11.1. The smallest absolute Gasteiger partial charge is 0.262 e. The summed E-state index contributed by atoms with van der Waals surface area (Å²) in [6.45, 7) is 4.56. The number of rotatable bonds is 6. The first kappa shape index (κ1) is 20.5. The van der Waals surface area contributed by atoms with Crippen LogP contribution in [0.1, 0.15) is 51.9 Å². The molecule has 5 nitrogen and oxygen atoms in total. The van der Waals surface area contributed by atoms with Gasteiger partial charge in [0.05, 0.1) is 16.7 Å². The molecule has 1 aliphatic carbocycles. The lowest BCUT2D eigenvalue weighted by Gasteiger charge is -2.41. The van der Waals surface area contributed by atoms with Crippen molar-refractivity contribution >= 4 is 28.6 Å². The largest absolute Gasteiger partial charge is 0.342 e. The molecule has 29 heavy (non-hydrogen) atoms. The summed E-state index contributed by atoms with van der Waals surface area (Å²) in [5.41, 5.74) is 0.713. The van der Waals surface area contributed by atoms with Gasteiger partial charge in [0.1, 0.15) is 0 Å². The lowest BCUT2D eigenvalue weighted by Crippen LogP contribution is -2.45. The fourth-order valence-corrected chi connectivity index (χ4v) is 5.74. The second-order valence-electron chi connectivity index (χ2n) is 8.44. The maximum Gasteiger partial charge on any atom is 0.262 e. The average molecular weight is 414 g/mol. The number of fused-ring (bicyclic) bond motifs is 2. The number of carbonyl (C=O) groups excluding carboxylic acids is 1. The highest BCUT2D eigenvalue weighted by Gasteiger charge is 2.32. The molecule has 1 saturated heterocycles. The number of thioether (sulfide) groups is 1. The van der Waals surface area contributed by atoms with Crippen molar-refractivity contribution in [3.63, 3.8) is 0 Å². The number of unbranched alkanes of at least 4 members (excludes halogenated alkanes) is 1. The van der Waals surface area contributed by atoms with Gasteiger partial charge in [0.15, 0.2) is 5.16 Å². The molecule has 0 bridgehead atoms. The molecular formula is C23H31N3O2S. The van der Waals surface area contributed by atoms with Gasteiger partial charge in [-0.25, -0.2) is 4.98 Å². The number of hydrogen-bond donors (Lipinski definition) is 0. The third-order valence-corrected chi connectivity index (χ3v) is 7.49. The molecule has 0 N–H and O–H groups in total. The van der Waals surface area contributed by atoms with E-state index in [1.54, 1.807) is 4.57 Å². The van der Waals surface area contributed by atoms with Gasteiger partial charge in [-0.1, -0.05) is 56.5 Å². The van der Waals surface area contributed by atoms with Crippen LogP contribution in [0.3, 0.4) is 0 Å². The molecule has 1 aromatic heterocycles. The molecule has 0 unspecified atom stereocenters. The van der Waals surface area contributed by atoms with E-state index >= 15 is 0 Å². The molecule has 1 saturated carbocycles. The fraction of sp³-hybridized carbons (Fsp3) is 0.609. The van der Waals surface area contributed by atoms with Gasteiger partial charge in [0.25, 0.3) is 5.56 Å². The molecule has 4 rings (SSSR count). The highest BCUT2D eigenvalue weighted by molar-refractivity contribution is 7.99. The highest BCUT2D eigenvalue weighted by Crippen LogP contribution is 2.36. The van der Waals surface area contributed by atoms with Gasteiger partial charge in [0.2, 0.25) is 5.91 Å². The molecule has 2 aliphatic rings. The predicted molar refractivity (Wildman–Crippen MR) is 118 cm³/mol. The van der Waals surface area contributed by atoms with E-state index < -0.39 is 0 Å². The van der Waals surface area contributed by atoms with E-state index in [-0.39, 0.29) is 11.5 Å². The average Bonchev–Trinajstić information content (AvgIpc) is 2.76. The molecule has 1 aromatic carbocycles. The second-order valence-corrected chi connectivity index (χ2v) is 9.39. The summed E-state index contributed by atoms with van der Waals surface area (Å²) in [6, 6.07) is 7.49. The van der Waals surface area contributed by atoms with Crippen LogP contribution in [-0.4, -0.2) is 39.2 Å². The van der Waals surface area contributed by atoms with E-state index in [1.807, 2.05) is 24.3 Å². The minimum atomic E-state index is 0.00187. The number of benzene rings is 1. The predicted octanol–water partition coefficient (Wildman–Crippen LogP) is 4.33. The Labute approximate surface area is 176 Å². The minimum Gasteiger partial charge on any atom is -0.342 e. The quantitative estimate of drug-likeness (QED) is 0.523. The summed E-state index contributed by atoms with van der Waals surface area (Å²) < 4.78 is 1.76. The maximum atomic E-state index is 13.0. The SMILES string of the molecule is CCCCn1c(SCC(=O)N2CC[C@H]3CCCC[C@@H]3C2)nc2ccccc2c1=O. The summed E-state index contributed by atoms with van der Waals surface area (Å²) in [6.07, 6.45) is 8.36. The molecule has 2 heterocycles. The van der Waals surface area contributed by atoms with Gasteiger partial charge >= 0.3 is 0 Å². The molecule has 1 aliphatic heterocycles. The molecule has 1 amide bonds. The van der Waals surface area contributed by atoms with Crippen LogP contribution in [0, 0.1) is 11.8 Å². The van der Waals surface area contributed by atoms with Crippen LogP contribution in [-0.2, 0) is 11.3 Å². The van der Waals surface area contributed by atoms with Crippen LogP contribution in [0.5, 0.6) is 0 Å². The van der Waals surface area contributed by atoms with Crippen LogP contribution >= 0.6 is 11.8 Å². The Morgan fingerprint density at radius 3 is 2.79 bits per heavy atom. The highest BCUT2D eigenvalue weighted by atomic mass is 32.2. The molecular weight excluding hydrogens is 382 g/mol. The fourth-order valence-electron chi connectivity index (χ4n) is 4.82. The molecule has 2 fully saturated rings. The zero-order valence-electron chi connectivity index (χ0n) is 17.3. The molecule has 2 aromatic rings. The summed E-state index contributed by atoms with van der Waals surface area (Å²) >= 11 is 1.42. The van der Waals surface area contributed by atoms with Crippen LogP contribution in [0.25, 0.3) is 10.9 Å². The number of hydrogen-bond acceptors (Lipinski definition) is 4. The number of aromatic nitrogens is 2. The monoisotopic (exact) mass is 413 g/mol. The van der Waals surface area contributed by atoms with Crippen molar-refractivity contribution in [3.8, 4) is 0 Å². The Bertz CT molecular complexity index is 926. The van der Waals surface area contributed by atoms with Crippen molar-refractivity contribution in [1.82, 2.24) is 14.5 Å². The molecule has 2 atom stereocenters. The van der Waals surface area contributed by atoms with Gasteiger partial charge in [-0.05, 0) is 43.2 Å². The molecule has 0 spiro atoms. The van der Waals surface area contributed by atoms with E-state index in [4.69, 9.17) is 4.98 Å². The first-order chi connectivity index (χ1) is 14.2. The van der Waals surface area contributed by atoms with Gasteiger partial charge in [-0.2, -0.15) is 0 Å². The lowest BCUT2D eigenvalue weighted by atomic mass is 9.75. The standard InChI is InChI=1S/C23H31N3O2S/c1-2-3-13-26-22(28)19-10-6-7-11-20(19)24-23(26)29-16-21(27)25-14-12-17-8-4-5-9-18(17)15-25/h6-7,10-11,17-18H,2-5,8-9,12-16H2,1H3/t17-,18-/m1/s1. The van der Waals surface area contributed by atoms with Crippen LogP contribution in [0.4, 0.5) is 0 Å². The Hall–Kier alpha value is -1.82. The number of amides is 1. The summed E-state index contributed by atoms with van der Waals surface area (Å²) in [4.78, 5) is 32.7. The summed E-state index contributed by atoms with van der Waals surface area (Å²) in [7, 11) is 0. The Kier molecular flexibility index (Phi) is 6.58. The van der Waals surface area contributed by atoms with Crippen molar-refractivity contribution < 1.29 is 4.79 Å². The van der Waals surface area contributed by atoms with E-state index in [1.165, 1.54) is 37.4 Å². The maximum absolute atomic E-state index is 13.0. The van der Waals surface area contributed by atoms with Crippen LogP contribution in [0.2, 0.25) is 0 Å². The Morgan fingerprint density at radius 1 is 1.17 bits per heavy atom. The Balaban J connectivity index is 1.48. The molecule has 0 radical (unpaired) electrons. The third kappa shape index (κ3) is 4.52. The number of piperidine rings is 1.